The highest BCUT2D eigenvalue weighted by atomic mass is 32.2. The molecule has 0 heterocycles. The quantitative estimate of drug-likeness (QED) is 0.661. The van der Waals surface area contributed by atoms with E-state index in [9.17, 15) is 18.0 Å². The number of hydrogen-bond acceptors (Lipinski definition) is 5. The van der Waals surface area contributed by atoms with Crippen LogP contribution in [-0.4, -0.2) is 33.3 Å². The van der Waals surface area contributed by atoms with E-state index in [4.69, 9.17) is 4.74 Å². The predicted octanol–water partition coefficient (Wildman–Crippen LogP) is 2.52. The zero-order valence-corrected chi connectivity index (χ0v) is 16.5. The van der Waals surface area contributed by atoms with Gasteiger partial charge in [0.1, 0.15) is 5.75 Å². The molecule has 0 radical (unpaired) electrons. The number of ether oxygens (including phenoxy) is 1. The van der Waals surface area contributed by atoms with Crippen LogP contribution in [0.1, 0.15) is 35.7 Å². The number of nitrogens with one attached hydrogen (secondary N) is 2. The van der Waals surface area contributed by atoms with Gasteiger partial charge in [0.25, 0.3) is 0 Å². The van der Waals surface area contributed by atoms with Crippen molar-refractivity contribution in [3.63, 3.8) is 0 Å². The number of amides is 1. The summed E-state index contributed by atoms with van der Waals surface area (Å²) in [6.07, 6.45) is 1.75. The minimum absolute atomic E-state index is 0.0214. The fraction of sp³-hybridized carbons (Fsp3) is 0.300. The normalized spacial score (nSPS) is 13.8. The summed E-state index contributed by atoms with van der Waals surface area (Å²) in [5, 5.41) is 2.73. The number of hydrogen-bond donors (Lipinski definition) is 2. The second-order valence-electron chi connectivity index (χ2n) is 6.73. The van der Waals surface area contributed by atoms with Crippen LogP contribution in [0.15, 0.2) is 47.4 Å². The number of Topliss-reactive ketones (excluding diaryl/α,β-unsaturated/α-hetero) is 1. The maximum atomic E-state index is 12.4. The standard InChI is InChI=1S/C20H22N2O5S/c1-13(23)14-3-10-19(27-2)15(11-14)12-20(24)21-16-6-8-18(9-7-16)28(25,26)22-17-4-5-17/h3,6-11,17,22H,4-5,12H2,1-2H3,(H,21,24). The maximum absolute atomic E-state index is 12.4. The molecule has 8 heteroatoms. The molecule has 0 atom stereocenters. The summed E-state index contributed by atoms with van der Waals surface area (Å²) in [5.74, 6) is 0.124. The minimum atomic E-state index is -3.52. The molecule has 0 aromatic heterocycles. The molecule has 0 unspecified atom stereocenters. The molecule has 1 aliphatic carbocycles. The van der Waals surface area contributed by atoms with E-state index in [1.165, 1.54) is 26.2 Å². The van der Waals surface area contributed by atoms with Crippen molar-refractivity contribution in [1.29, 1.82) is 0 Å². The van der Waals surface area contributed by atoms with Crippen LogP contribution < -0.4 is 14.8 Å². The van der Waals surface area contributed by atoms with Crippen LogP contribution in [0.5, 0.6) is 5.75 Å². The van der Waals surface area contributed by atoms with E-state index in [2.05, 4.69) is 10.0 Å². The Morgan fingerprint density at radius 3 is 2.36 bits per heavy atom. The Labute approximate surface area is 164 Å². The van der Waals surface area contributed by atoms with Gasteiger partial charge in [-0.25, -0.2) is 13.1 Å². The Morgan fingerprint density at radius 1 is 1.11 bits per heavy atom. The summed E-state index contributed by atoms with van der Waals surface area (Å²) in [6, 6.07) is 11.0. The topological polar surface area (TPSA) is 102 Å². The van der Waals surface area contributed by atoms with Gasteiger partial charge < -0.3 is 10.1 Å². The first-order valence-corrected chi connectivity index (χ1v) is 10.4. The van der Waals surface area contributed by atoms with Gasteiger partial charge in [-0.05, 0) is 62.2 Å². The van der Waals surface area contributed by atoms with Crippen LogP contribution in [0.4, 0.5) is 5.69 Å². The molecule has 0 saturated heterocycles. The zero-order valence-electron chi connectivity index (χ0n) is 15.7. The fourth-order valence-electron chi connectivity index (χ4n) is 2.72. The monoisotopic (exact) mass is 402 g/mol. The van der Waals surface area contributed by atoms with Crippen LogP contribution in [-0.2, 0) is 21.2 Å². The summed E-state index contributed by atoms with van der Waals surface area (Å²) in [7, 11) is -2.02. The Balaban J connectivity index is 1.68. The highest BCUT2D eigenvalue weighted by Crippen LogP contribution is 2.24. The molecule has 1 amide bonds. The number of carbonyl (C=O) groups is 2. The molecule has 2 aromatic carbocycles. The van der Waals surface area contributed by atoms with E-state index < -0.39 is 10.0 Å². The zero-order chi connectivity index (χ0) is 20.3. The van der Waals surface area contributed by atoms with Gasteiger partial charge in [0.2, 0.25) is 15.9 Å². The molecule has 7 nitrogen and oxygen atoms in total. The Morgan fingerprint density at radius 2 is 1.79 bits per heavy atom. The van der Waals surface area contributed by atoms with Crippen LogP contribution in [0.2, 0.25) is 0 Å². The van der Waals surface area contributed by atoms with Crippen LogP contribution in [0.25, 0.3) is 0 Å². The molecule has 0 bridgehead atoms. The lowest BCUT2D eigenvalue weighted by molar-refractivity contribution is -0.115. The molecule has 0 spiro atoms. The van der Waals surface area contributed by atoms with E-state index in [0.29, 0.717) is 22.6 Å². The smallest absolute Gasteiger partial charge is 0.240 e. The fourth-order valence-corrected chi connectivity index (χ4v) is 4.02. The molecule has 1 fully saturated rings. The van der Waals surface area contributed by atoms with Crippen molar-refractivity contribution in [3.8, 4) is 5.75 Å². The Kier molecular flexibility index (Phi) is 5.81. The highest BCUT2D eigenvalue weighted by molar-refractivity contribution is 7.89. The number of methoxy groups -OCH3 is 1. The molecular weight excluding hydrogens is 380 g/mol. The summed E-state index contributed by atoms with van der Waals surface area (Å²) in [4.78, 5) is 24.1. The van der Waals surface area contributed by atoms with Gasteiger partial charge in [-0.3, -0.25) is 9.59 Å². The van der Waals surface area contributed by atoms with Crippen LogP contribution >= 0.6 is 0 Å². The van der Waals surface area contributed by atoms with Gasteiger partial charge in [0.15, 0.2) is 5.78 Å². The van der Waals surface area contributed by atoms with Crippen molar-refractivity contribution in [3.05, 3.63) is 53.6 Å². The largest absolute Gasteiger partial charge is 0.496 e. The second-order valence-corrected chi connectivity index (χ2v) is 8.44. The average Bonchev–Trinajstić information content (AvgIpc) is 3.45. The summed E-state index contributed by atoms with van der Waals surface area (Å²) in [5.41, 5.74) is 1.58. The number of carbonyl (C=O) groups excluding carboxylic acids is 2. The van der Waals surface area contributed by atoms with Gasteiger partial charge in [-0.15, -0.1) is 0 Å². The summed E-state index contributed by atoms with van der Waals surface area (Å²) < 4.78 is 32.2. The highest BCUT2D eigenvalue weighted by Gasteiger charge is 2.27. The first-order valence-electron chi connectivity index (χ1n) is 8.88. The first-order chi connectivity index (χ1) is 13.3. The maximum Gasteiger partial charge on any atom is 0.240 e. The number of anilines is 1. The molecule has 2 N–H and O–H groups in total. The van der Waals surface area contributed by atoms with Gasteiger partial charge in [0, 0.05) is 22.9 Å². The Hall–Kier alpha value is -2.71. The minimum Gasteiger partial charge on any atom is -0.496 e. The number of ketones is 1. The molecule has 0 aliphatic heterocycles. The van der Waals surface area contributed by atoms with Crippen molar-refractivity contribution in [2.45, 2.75) is 37.1 Å². The third-order valence-electron chi connectivity index (χ3n) is 4.39. The average molecular weight is 402 g/mol. The van der Waals surface area contributed by atoms with E-state index in [1.54, 1.807) is 30.3 Å². The van der Waals surface area contributed by atoms with E-state index >= 15 is 0 Å². The lowest BCUT2D eigenvalue weighted by Crippen LogP contribution is -2.25. The van der Waals surface area contributed by atoms with Crippen LogP contribution in [0.3, 0.4) is 0 Å². The second kappa shape index (κ2) is 8.12. The first kappa shape index (κ1) is 20.0. The Bertz CT molecular complexity index is 996. The SMILES string of the molecule is COc1ccc(C(C)=O)cc1CC(=O)Nc1ccc(S(=O)(=O)NC2CC2)cc1. The van der Waals surface area contributed by atoms with E-state index in [0.717, 1.165) is 12.8 Å². The molecule has 28 heavy (non-hydrogen) atoms. The predicted molar refractivity (Wildman–Crippen MR) is 105 cm³/mol. The van der Waals surface area contributed by atoms with E-state index in [-0.39, 0.29) is 29.0 Å². The lowest BCUT2D eigenvalue weighted by atomic mass is 10.0. The third kappa shape index (κ3) is 4.96. The molecule has 2 aromatic rings. The summed E-state index contributed by atoms with van der Waals surface area (Å²) >= 11 is 0. The van der Waals surface area contributed by atoms with Gasteiger partial charge in [-0.1, -0.05) is 0 Å². The van der Waals surface area contributed by atoms with Crippen molar-refractivity contribution in [2.24, 2.45) is 0 Å². The molecule has 1 aliphatic rings. The van der Waals surface area contributed by atoms with Gasteiger partial charge in [-0.2, -0.15) is 0 Å². The number of benzene rings is 2. The van der Waals surface area contributed by atoms with Crippen molar-refractivity contribution >= 4 is 27.4 Å². The summed E-state index contributed by atoms with van der Waals surface area (Å²) in [6.45, 7) is 1.46. The van der Waals surface area contributed by atoms with Gasteiger partial charge >= 0.3 is 0 Å². The molecular formula is C20H22N2O5S. The number of rotatable bonds is 8. The molecule has 1 saturated carbocycles. The van der Waals surface area contributed by atoms with Crippen molar-refractivity contribution in [2.75, 3.05) is 12.4 Å². The van der Waals surface area contributed by atoms with E-state index in [1.807, 2.05) is 0 Å². The van der Waals surface area contributed by atoms with Gasteiger partial charge in [0.05, 0.1) is 18.4 Å². The lowest BCUT2D eigenvalue weighted by Gasteiger charge is -2.11. The van der Waals surface area contributed by atoms with Crippen LogP contribution in [0, 0.1) is 0 Å². The molecule has 3 rings (SSSR count). The third-order valence-corrected chi connectivity index (χ3v) is 5.92. The van der Waals surface area contributed by atoms with Crippen molar-refractivity contribution in [1.82, 2.24) is 4.72 Å². The molecule has 148 valence electrons. The van der Waals surface area contributed by atoms with Crippen molar-refractivity contribution < 1.29 is 22.7 Å². The number of sulfonamides is 1.